The first-order valence-corrected chi connectivity index (χ1v) is 11.8. The molecule has 4 rings (SSSR count). The van der Waals surface area contributed by atoms with Crippen molar-refractivity contribution >= 4 is 17.5 Å². The zero-order chi connectivity index (χ0) is 23.9. The minimum absolute atomic E-state index is 0.179. The van der Waals surface area contributed by atoms with E-state index in [0.717, 1.165) is 41.9 Å². The third-order valence-electron chi connectivity index (χ3n) is 6.24. The molecule has 1 aliphatic rings. The Bertz CT molecular complexity index is 1130. The summed E-state index contributed by atoms with van der Waals surface area (Å²) in [5.41, 5.74) is 11.6. The Labute approximate surface area is 201 Å². The molecule has 4 N–H and O–H groups in total. The van der Waals surface area contributed by atoms with Crippen molar-refractivity contribution in [2.45, 2.75) is 39.4 Å². The van der Waals surface area contributed by atoms with Crippen molar-refractivity contribution in [3.63, 3.8) is 0 Å². The maximum absolute atomic E-state index is 12.9. The lowest BCUT2D eigenvalue weighted by Gasteiger charge is -2.19. The summed E-state index contributed by atoms with van der Waals surface area (Å²) in [5.74, 6) is -0.360. The minimum atomic E-state index is -0.180. The number of likely N-dealkylation sites (tertiary alicyclic amines) is 1. The first-order chi connectivity index (χ1) is 16.5. The summed E-state index contributed by atoms with van der Waals surface area (Å²) in [6.45, 7) is 5.76. The van der Waals surface area contributed by atoms with E-state index in [1.165, 1.54) is 12.8 Å². The van der Waals surface area contributed by atoms with Crippen LogP contribution in [0, 0.1) is 6.92 Å². The molecule has 0 radical (unpaired) electrons. The van der Waals surface area contributed by atoms with E-state index in [1.54, 1.807) is 6.07 Å². The Kier molecular flexibility index (Phi) is 7.72. The van der Waals surface area contributed by atoms with E-state index < -0.39 is 0 Å². The predicted octanol–water partition coefficient (Wildman–Crippen LogP) is 4.23. The largest absolute Gasteiger partial charge is 0.348 e. The SMILES string of the molecule is Cc1ccc(C(=O)Nc2cc(C(=O)NCc3ccc(CN)cc3)ccc2CN2CCCC2)cc1. The van der Waals surface area contributed by atoms with Crippen molar-refractivity contribution in [2.75, 3.05) is 18.4 Å². The van der Waals surface area contributed by atoms with Crippen molar-refractivity contribution in [3.05, 3.63) is 100 Å². The lowest BCUT2D eigenvalue weighted by atomic mass is 10.1. The molecule has 2 amide bonds. The van der Waals surface area contributed by atoms with Crippen LogP contribution in [0.2, 0.25) is 0 Å². The van der Waals surface area contributed by atoms with E-state index in [1.807, 2.05) is 67.6 Å². The van der Waals surface area contributed by atoms with Gasteiger partial charge in [-0.3, -0.25) is 14.5 Å². The summed E-state index contributed by atoms with van der Waals surface area (Å²) < 4.78 is 0. The molecule has 0 unspecified atom stereocenters. The maximum Gasteiger partial charge on any atom is 0.255 e. The molecule has 0 aromatic heterocycles. The molecule has 0 spiro atoms. The van der Waals surface area contributed by atoms with Gasteiger partial charge in [0.1, 0.15) is 0 Å². The summed E-state index contributed by atoms with van der Waals surface area (Å²) in [6, 6.07) is 20.9. The molecular formula is C28H32N4O2. The van der Waals surface area contributed by atoms with Gasteiger partial charge in [-0.15, -0.1) is 0 Å². The van der Waals surface area contributed by atoms with Gasteiger partial charge in [0.15, 0.2) is 0 Å². The Morgan fingerprint density at radius 2 is 1.50 bits per heavy atom. The summed E-state index contributed by atoms with van der Waals surface area (Å²) in [4.78, 5) is 28.2. The third kappa shape index (κ3) is 6.10. The van der Waals surface area contributed by atoms with Crippen LogP contribution in [0.3, 0.4) is 0 Å². The van der Waals surface area contributed by atoms with Gasteiger partial charge in [0.2, 0.25) is 0 Å². The molecule has 1 fully saturated rings. The van der Waals surface area contributed by atoms with Gasteiger partial charge in [-0.05, 0) is 73.8 Å². The average molecular weight is 457 g/mol. The fourth-order valence-electron chi connectivity index (χ4n) is 4.13. The van der Waals surface area contributed by atoms with E-state index in [9.17, 15) is 9.59 Å². The van der Waals surface area contributed by atoms with Crippen LogP contribution in [0.25, 0.3) is 0 Å². The highest BCUT2D eigenvalue weighted by Gasteiger charge is 2.17. The predicted molar refractivity (Wildman–Crippen MR) is 136 cm³/mol. The lowest BCUT2D eigenvalue weighted by Crippen LogP contribution is -2.24. The standard InChI is InChI=1S/C28H32N4O2/c1-20-4-10-23(11-5-20)28(34)31-26-16-24(12-13-25(26)19-32-14-2-3-15-32)27(33)30-18-22-8-6-21(17-29)7-9-22/h4-13,16H,2-3,14-15,17-19,29H2,1H3,(H,30,33)(H,31,34). The molecule has 0 aliphatic carbocycles. The number of anilines is 1. The summed E-state index contributed by atoms with van der Waals surface area (Å²) in [6.07, 6.45) is 2.38. The highest BCUT2D eigenvalue weighted by Crippen LogP contribution is 2.23. The van der Waals surface area contributed by atoms with Crippen molar-refractivity contribution in [2.24, 2.45) is 5.73 Å². The topological polar surface area (TPSA) is 87.5 Å². The Balaban J connectivity index is 1.50. The van der Waals surface area contributed by atoms with Gasteiger partial charge in [-0.1, -0.05) is 48.0 Å². The van der Waals surface area contributed by atoms with Crippen LogP contribution in [0.5, 0.6) is 0 Å². The average Bonchev–Trinajstić information content (AvgIpc) is 3.37. The van der Waals surface area contributed by atoms with Crippen LogP contribution in [0.1, 0.15) is 55.8 Å². The van der Waals surface area contributed by atoms with E-state index in [0.29, 0.717) is 29.9 Å². The molecule has 34 heavy (non-hydrogen) atoms. The van der Waals surface area contributed by atoms with Crippen LogP contribution in [-0.2, 0) is 19.6 Å². The monoisotopic (exact) mass is 456 g/mol. The Hall–Kier alpha value is -3.48. The first kappa shape index (κ1) is 23.7. The van der Waals surface area contributed by atoms with Gasteiger partial charge in [0, 0.05) is 36.4 Å². The number of nitrogens with two attached hydrogens (primary N) is 1. The third-order valence-corrected chi connectivity index (χ3v) is 6.24. The Morgan fingerprint density at radius 3 is 2.18 bits per heavy atom. The number of aryl methyl sites for hydroxylation is 1. The van der Waals surface area contributed by atoms with E-state index >= 15 is 0 Å². The molecule has 1 aliphatic heterocycles. The maximum atomic E-state index is 12.9. The summed E-state index contributed by atoms with van der Waals surface area (Å²) in [5, 5.41) is 6.01. The minimum Gasteiger partial charge on any atom is -0.348 e. The fourth-order valence-corrected chi connectivity index (χ4v) is 4.13. The number of hydrogen-bond donors (Lipinski definition) is 3. The second kappa shape index (κ2) is 11.1. The van der Waals surface area contributed by atoms with Crippen molar-refractivity contribution in [1.82, 2.24) is 10.2 Å². The molecule has 3 aromatic carbocycles. The normalized spacial score (nSPS) is 13.6. The van der Waals surface area contributed by atoms with E-state index in [4.69, 9.17) is 5.73 Å². The Morgan fingerprint density at radius 1 is 0.853 bits per heavy atom. The molecule has 6 nitrogen and oxygen atoms in total. The lowest BCUT2D eigenvalue weighted by molar-refractivity contribution is 0.0949. The van der Waals surface area contributed by atoms with Gasteiger partial charge >= 0.3 is 0 Å². The van der Waals surface area contributed by atoms with E-state index in [-0.39, 0.29) is 11.8 Å². The van der Waals surface area contributed by atoms with Gasteiger partial charge < -0.3 is 16.4 Å². The summed E-state index contributed by atoms with van der Waals surface area (Å²) in [7, 11) is 0. The molecule has 0 saturated carbocycles. The van der Waals surface area contributed by atoms with Crippen LogP contribution >= 0.6 is 0 Å². The van der Waals surface area contributed by atoms with Crippen LogP contribution in [-0.4, -0.2) is 29.8 Å². The highest BCUT2D eigenvalue weighted by molar-refractivity contribution is 6.05. The molecule has 176 valence electrons. The zero-order valence-electron chi connectivity index (χ0n) is 19.6. The number of nitrogens with zero attached hydrogens (tertiary/aromatic N) is 1. The second-order valence-electron chi connectivity index (χ2n) is 8.88. The summed E-state index contributed by atoms with van der Waals surface area (Å²) >= 11 is 0. The van der Waals surface area contributed by atoms with Crippen LogP contribution in [0.4, 0.5) is 5.69 Å². The molecule has 0 bridgehead atoms. The van der Waals surface area contributed by atoms with Crippen molar-refractivity contribution in [3.8, 4) is 0 Å². The number of nitrogens with one attached hydrogen (secondary N) is 2. The van der Waals surface area contributed by atoms with E-state index in [2.05, 4.69) is 15.5 Å². The molecule has 6 heteroatoms. The molecule has 1 saturated heterocycles. The quantitative estimate of drug-likeness (QED) is 0.473. The van der Waals surface area contributed by atoms with Gasteiger partial charge in [0.25, 0.3) is 11.8 Å². The number of hydrogen-bond acceptors (Lipinski definition) is 4. The van der Waals surface area contributed by atoms with Crippen LogP contribution < -0.4 is 16.4 Å². The van der Waals surface area contributed by atoms with Gasteiger partial charge in [-0.2, -0.15) is 0 Å². The van der Waals surface area contributed by atoms with Crippen LogP contribution in [0.15, 0.2) is 66.7 Å². The number of amides is 2. The molecule has 1 heterocycles. The number of rotatable bonds is 8. The molecule has 3 aromatic rings. The molecule has 0 atom stereocenters. The molecular weight excluding hydrogens is 424 g/mol. The second-order valence-corrected chi connectivity index (χ2v) is 8.88. The van der Waals surface area contributed by atoms with Crippen molar-refractivity contribution in [1.29, 1.82) is 0 Å². The number of benzene rings is 3. The van der Waals surface area contributed by atoms with Crippen molar-refractivity contribution < 1.29 is 9.59 Å². The van der Waals surface area contributed by atoms with Gasteiger partial charge in [0.05, 0.1) is 0 Å². The smallest absolute Gasteiger partial charge is 0.255 e. The first-order valence-electron chi connectivity index (χ1n) is 11.8. The highest BCUT2D eigenvalue weighted by atomic mass is 16.2. The number of carbonyl (C=O) groups is 2. The van der Waals surface area contributed by atoms with Gasteiger partial charge in [-0.25, -0.2) is 0 Å². The zero-order valence-corrected chi connectivity index (χ0v) is 19.6. The fraction of sp³-hybridized carbons (Fsp3) is 0.286. The number of carbonyl (C=O) groups excluding carboxylic acids is 2.